The Morgan fingerprint density at radius 1 is 0.900 bits per heavy atom. The molecule has 0 aromatic heterocycles. The van der Waals surface area contributed by atoms with Crippen LogP contribution in [0.25, 0.3) is 5.57 Å². The van der Waals surface area contributed by atoms with Crippen molar-refractivity contribution in [1.29, 1.82) is 10.5 Å². The van der Waals surface area contributed by atoms with E-state index in [2.05, 4.69) is 10.6 Å². The maximum atomic E-state index is 13.5. The smallest absolute Gasteiger partial charge is 0.197 e. The van der Waals surface area contributed by atoms with Crippen molar-refractivity contribution in [1.82, 2.24) is 10.6 Å². The molecule has 0 unspecified atom stereocenters. The lowest BCUT2D eigenvalue weighted by atomic mass is 9.91. The Labute approximate surface area is 187 Å². The zero-order valence-corrected chi connectivity index (χ0v) is 17.7. The predicted molar refractivity (Wildman–Crippen MR) is 114 cm³/mol. The second kappa shape index (κ2) is 9.36. The Hall–Kier alpha value is -2.77. The van der Waals surface area contributed by atoms with Crippen molar-refractivity contribution < 1.29 is 9.18 Å². The third kappa shape index (κ3) is 4.08. The molecule has 1 aliphatic rings. The number of ketones is 1. The lowest BCUT2D eigenvalue weighted by Gasteiger charge is -2.19. The highest BCUT2D eigenvalue weighted by atomic mass is 35.5. The molecule has 0 bridgehead atoms. The van der Waals surface area contributed by atoms with Gasteiger partial charge >= 0.3 is 0 Å². The summed E-state index contributed by atoms with van der Waals surface area (Å²) < 4.78 is 13.4. The van der Waals surface area contributed by atoms with Gasteiger partial charge in [0.2, 0.25) is 0 Å². The number of halogens is 4. The van der Waals surface area contributed by atoms with Gasteiger partial charge in [0.1, 0.15) is 23.8 Å². The van der Waals surface area contributed by atoms with Crippen LogP contribution in [0.1, 0.15) is 39.9 Å². The van der Waals surface area contributed by atoms with Crippen LogP contribution in [-0.2, 0) is 0 Å². The van der Waals surface area contributed by atoms with E-state index in [1.165, 1.54) is 12.1 Å². The van der Waals surface area contributed by atoms with Crippen LogP contribution in [0.4, 0.5) is 4.39 Å². The summed E-state index contributed by atoms with van der Waals surface area (Å²) in [6.07, 6.45) is 1.73. The van der Waals surface area contributed by atoms with E-state index in [9.17, 15) is 19.7 Å². The molecule has 152 valence electrons. The number of hydrogen-bond acceptors (Lipinski definition) is 5. The molecular weight excluding hydrogens is 450 g/mol. The van der Waals surface area contributed by atoms with Crippen LogP contribution < -0.4 is 10.6 Å². The zero-order valence-electron chi connectivity index (χ0n) is 15.5. The number of rotatable bonds is 3. The minimum Gasteiger partial charge on any atom is -0.371 e. The number of benzene rings is 2. The molecule has 2 N–H and O–H groups in total. The highest BCUT2D eigenvalue weighted by Crippen LogP contribution is 2.42. The fourth-order valence-corrected chi connectivity index (χ4v) is 3.95. The van der Waals surface area contributed by atoms with Gasteiger partial charge in [-0.3, -0.25) is 4.79 Å². The van der Waals surface area contributed by atoms with E-state index in [1.54, 1.807) is 0 Å². The number of nitrogens with zero attached hydrogens (tertiary/aromatic N) is 2. The van der Waals surface area contributed by atoms with Crippen molar-refractivity contribution in [2.45, 2.75) is 12.8 Å². The second-order valence-electron chi connectivity index (χ2n) is 6.44. The van der Waals surface area contributed by atoms with E-state index in [4.69, 9.17) is 34.8 Å². The van der Waals surface area contributed by atoms with Crippen molar-refractivity contribution in [2.75, 3.05) is 13.1 Å². The molecule has 1 fully saturated rings. The molecule has 0 aliphatic carbocycles. The Kier molecular flexibility index (Phi) is 6.84. The lowest BCUT2D eigenvalue weighted by molar-refractivity contribution is 0.105. The number of Topliss-reactive ketones (excluding diaryl/α,β-unsaturated/α-hetero) is 1. The van der Waals surface area contributed by atoms with E-state index < -0.39 is 11.6 Å². The first-order chi connectivity index (χ1) is 14.4. The highest BCUT2D eigenvalue weighted by molar-refractivity contribution is 6.47. The number of carbonyl (C=O) groups excluding carboxylic acids is 1. The van der Waals surface area contributed by atoms with E-state index in [0.29, 0.717) is 18.9 Å². The van der Waals surface area contributed by atoms with Crippen LogP contribution in [0.2, 0.25) is 15.1 Å². The molecule has 0 saturated carbocycles. The molecule has 0 amide bonds. The average molecular weight is 464 g/mol. The Morgan fingerprint density at radius 3 is 2.00 bits per heavy atom. The third-order valence-electron chi connectivity index (χ3n) is 4.58. The van der Waals surface area contributed by atoms with Gasteiger partial charge in [-0.1, -0.05) is 34.8 Å². The predicted octanol–water partition coefficient (Wildman–Crippen LogP) is 5.05. The van der Waals surface area contributed by atoms with E-state index in [0.717, 1.165) is 25.0 Å². The molecule has 5 nitrogen and oxygen atoms in total. The van der Waals surface area contributed by atoms with Crippen molar-refractivity contribution in [3.05, 3.63) is 73.2 Å². The van der Waals surface area contributed by atoms with Gasteiger partial charge < -0.3 is 10.6 Å². The number of allylic oxidation sites excluding steroid dienone is 1. The van der Waals surface area contributed by atoms with Gasteiger partial charge in [0.15, 0.2) is 5.78 Å². The molecule has 0 atom stereocenters. The maximum Gasteiger partial charge on any atom is 0.197 e. The zero-order chi connectivity index (χ0) is 21.8. The molecular formula is C21H14Cl3FN4O. The first-order valence-electron chi connectivity index (χ1n) is 8.94. The van der Waals surface area contributed by atoms with Crippen LogP contribution >= 0.6 is 34.8 Å². The molecule has 2 aromatic carbocycles. The first kappa shape index (κ1) is 21.9. The van der Waals surface area contributed by atoms with Crippen LogP contribution in [0.5, 0.6) is 0 Å². The van der Waals surface area contributed by atoms with Crippen LogP contribution in [0, 0.1) is 28.5 Å². The largest absolute Gasteiger partial charge is 0.371 e. The van der Waals surface area contributed by atoms with Crippen molar-refractivity contribution in [2.24, 2.45) is 0 Å². The monoisotopic (exact) mass is 462 g/mol. The number of carbonyl (C=O) groups is 1. The van der Waals surface area contributed by atoms with E-state index in [-0.39, 0.29) is 42.9 Å². The molecule has 1 aliphatic heterocycles. The summed E-state index contributed by atoms with van der Waals surface area (Å²) in [5.41, 5.74) is -0.0570. The van der Waals surface area contributed by atoms with Crippen molar-refractivity contribution in [3.63, 3.8) is 0 Å². The Bertz CT molecular complexity index is 1120. The van der Waals surface area contributed by atoms with E-state index in [1.807, 2.05) is 12.1 Å². The fraction of sp³-hybridized carbons (Fsp3) is 0.190. The summed E-state index contributed by atoms with van der Waals surface area (Å²) >= 11 is 19.0. The molecule has 1 heterocycles. The Morgan fingerprint density at radius 2 is 1.47 bits per heavy atom. The van der Waals surface area contributed by atoms with Gasteiger partial charge in [0, 0.05) is 24.2 Å². The molecule has 0 spiro atoms. The van der Waals surface area contributed by atoms with Crippen molar-refractivity contribution in [3.8, 4) is 12.1 Å². The fourth-order valence-electron chi connectivity index (χ4n) is 3.11. The lowest BCUT2D eigenvalue weighted by Crippen LogP contribution is -2.28. The molecule has 30 heavy (non-hydrogen) atoms. The molecule has 1 saturated heterocycles. The van der Waals surface area contributed by atoms with Gasteiger partial charge in [-0.2, -0.15) is 10.5 Å². The first-order valence-corrected chi connectivity index (χ1v) is 10.1. The quantitative estimate of drug-likeness (QED) is 0.377. The summed E-state index contributed by atoms with van der Waals surface area (Å²) in [5, 5.41) is 24.9. The summed E-state index contributed by atoms with van der Waals surface area (Å²) in [5.74, 6) is -0.647. The van der Waals surface area contributed by atoms with Gasteiger partial charge in [0.25, 0.3) is 0 Å². The second-order valence-corrected chi connectivity index (χ2v) is 7.57. The highest BCUT2D eigenvalue weighted by Gasteiger charge is 2.30. The van der Waals surface area contributed by atoms with Crippen LogP contribution in [0.15, 0.2) is 30.1 Å². The standard InChI is InChI=1S/C21H14Cl3FN4O/c22-17-13(9-26)15(19(24)18(23)14(17)10-27)16(21-28-7-1-2-8-29-21)20(30)11-3-5-12(25)6-4-11/h3-6,28-29H,1-2,7-8H2. The minimum absolute atomic E-state index is 0.0133. The topological polar surface area (TPSA) is 88.7 Å². The SMILES string of the molecule is N#Cc1c(Cl)c(Cl)c(C(C(=O)c2ccc(F)cc2)=C2NCCCCN2)c(C#N)c1Cl. The Balaban J connectivity index is 2.36. The van der Waals surface area contributed by atoms with E-state index >= 15 is 0 Å². The van der Waals surface area contributed by atoms with Crippen molar-refractivity contribution >= 4 is 46.2 Å². The minimum atomic E-state index is -0.512. The summed E-state index contributed by atoms with van der Waals surface area (Å²) in [6, 6.07) is 8.75. The molecule has 0 radical (unpaired) electrons. The van der Waals surface area contributed by atoms with Gasteiger partial charge in [-0.15, -0.1) is 0 Å². The number of nitriles is 2. The summed E-state index contributed by atoms with van der Waals surface area (Å²) in [7, 11) is 0. The van der Waals surface area contributed by atoms with Crippen LogP contribution in [-0.4, -0.2) is 18.9 Å². The number of nitrogens with one attached hydrogen (secondary N) is 2. The van der Waals surface area contributed by atoms with Gasteiger partial charge in [0.05, 0.1) is 31.8 Å². The average Bonchev–Trinajstić information content (AvgIpc) is 3.02. The molecule has 9 heteroatoms. The molecule has 2 aromatic rings. The number of hydrogen-bond donors (Lipinski definition) is 2. The third-order valence-corrected chi connectivity index (χ3v) is 5.82. The molecule has 3 rings (SSSR count). The maximum absolute atomic E-state index is 13.5. The summed E-state index contributed by atoms with van der Waals surface area (Å²) in [4.78, 5) is 13.5. The summed E-state index contributed by atoms with van der Waals surface area (Å²) in [6.45, 7) is 1.17. The normalized spacial score (nSPS) is 13.3. The van der Waals surface area contributed by atoms with Crippen LogP contribution in [0.3, 0.4) is 0 Å². The van der Waals surface area contributed by atoms with Gasteiger partial charge in [-0.05, 0) is 37.1 Å². The van der Waals surface area contributed by atoms with Gasteiger partial charge in [-0.25, -0.2) is 4.39 Å².